The van der Waals surface area contributed by atoms with Crippen LogP contribution in [0.2, 0.25) is 0 Å². The molecule has 168 valence electrons. The van der Waals surface area contributed by atoms with Crippen LogP contribution in [0.15, 0.2) is 65.3 Å². The third kappa shape index (κ3) is 7.71. The monoisotopic (exact) mass is 443 g/mol. The maximum absolute atomic E-state index is 12.0. The Hall–Kier alpha value is -2.30. The lowest BCUT2D eigenvalue weighted by atomic mass is 9.91. The zero-order chi connectivity index (χ0) is 22.9. The summed E-state index contributed by atoms with van der Waals surface area (Å²) in [5.41, 5.74) is 2.89. The third-order valence-corrected chi connectivity index (χ3v) is 5.72. The molecule has 0 amide bonds. The number of likely N-dealkylation sites (tertiary alicyclic amines) is 1. The van der Waals surface area contributed by atoms with E-state index in [1.165, 1.54) is 12.7 Å². The second kappa shape index (κ2) is 11.9. The number of hydrogen-bond acceptors (Lipinski definition) is 4. The fraction of sp³-hybridized carbons (Fsp3) is 0.423. The number of piperidine rings is 1. The van der Waals surface area contributed by atoms with Crippen LogP contribution in [0.1, 0.15) is 39.2 Å². The maximum Gasteiger partial charge on any atom is 0.312 e. The van der Waals surface area contributed by atoms with Crippen molar-refractivity contribution in [1.82, 2.24) is 4.90 Å². The van der Waals surface area contributed by atoms with Gasteiger partial charge in [0.25, 0.3) is 0 Å². The Morgan fingerprint density at radius 1 is 1.26 bits per heavy atom. The lowest BCUT2D eigenvalue weighted by Gasteiger charge is -2.34. The standard InChI is InChI=1S/C26H34ClNO3/c1-6-20(17-23(27)7-2)18-31-24-11-9-8-10-22(24)16-21-12-14-28(15-13-21)19-26(3,4)25(29)30-5/h6-11,16-17H,1,12-15,18-19H2,2-5H3/b20-17+,23-7+. The van der Waals surface area contributed by atoms with Crippen molar-refractivity contribution in [2.45, 2.75) is 33.6 Å². The summed E-state index contributed by atoms with van der Waals surface area (Å²) in [6.07, 6.45) is 9.64. The first kappa shape index (κ1) is 25.0. The number of para-hydroxylation sites is 1. The molecule has 1 saturated heterocycles. The SMILES string of the molecule is C=C/C(=C\C(Cl)=C/C)COc1ccccc1C=C1CCN(CC(C)(C)C(=O)OC)CC1. The average molecular weight is 444 g/mol. The predicted molar refractivity (Wildman–Crippen MR) is 129 cm³/mol. The topological polar surface area (TPSA) is 38.8 Å². The minimum atomic E-state index is -0.497. The molecule has 0 atom stereocenters. The number of hydrogen-bond donors (Lipinski definition) is 0. The molecule has 31 heavy (non-hydrogen) atoms. The van der Waals surface area contributed by atoms with E-state index in [9.17, 15) is 4.79 Å². The summed E-state index contributed by atoms with van der Waals surface area (Å²) < 4.78 is 11.0. The predicted octanol–water partition coefficient (Wildman–Crippen LogP) is 6.00. The van der Waals surface area contributed by atoms with Crippen LogP contribution in [-0.2, 0) is 9.53 Å². The van der Waals surface area contributed by atoms with Gasteiger partial charge in [0.15, 0.2) is 0 Å². The molecule has 1 heterocycles. The third-order valence-electron chi connectivity index (χ3n) is 5.39. The Labute approximate surface area is 191 Å². The highest BCUT2D eigenvalue weighted by atomic mass is 35.5. The minimum Gasteiger partial charge on any atom is -0.488 e. The number of allylic oxidation sites excluding steroid dienone is 3. The van der Waals surface area contributed by atoms with Crippen molar-refractivity contribution in [3.63, 3.8) is 0 Å². The summed E-state index contributed by atoms with van der Waals surface area (Å²) >= 11 is 6.10. The second-order valence-electron chi connectivity index (χ2n) is 8.38. The molecule has 0 aromatic heterocycles. The Morgan fingerprint density at radius 3 is 2.55 bits per heavy atom. The zero-order valence-electron chi connectivity index (χ0n) is 19.1. The van der Waals surface area contributed by atoms with Gasteiger partial charge in [-0.2, -0.15) is 0 Å². The molecule has 0 N–H and O–H groups in total. The van der Waals surface area contributed by atoms with Crippen molar-refractivity contribution in [1.29, 1.82) is 0 Å². The van der Waals surface area contributed by atoms with Crippen LogP contribution < -0.4 is 4.74 Å². The summed E-state index contributed by atoms with van der Waals surface area (Å²) in [5.74, 6) is 0.678. The van der Waals surface area contributed by atoms with E-state index in [-0.39, 0.29) is 5.97 Å². The van der Waals surface area contributed by atoms with Crippen molar-refractivity contribution < 1.29 is 14.3 Å². The molecule has 5 heteroatoms. The van der Waals surface area contributed by atoms with Gasteiger partial charge in [0.2, 0.25) is 0 Å². The van der Waals surface area contributed by atoms with Crippen LogP contribution in [0.5, 0.6) is 5.75 Å². The van der Waals surface area contributed by atoms with Gasteiger partial charge in [-0.25, -0.2) is 0 Å². The first-order chi connectivity index (χ1) is 14.8. The average Bonchev–Trinajstić information content (AvgIpc) is 2.77. The highest BCUT2D eigenvalue weighted by molar-refractivity contribution is 6.31. The molecule has 4 nitrogen and oxygen atoms in total. The molecular weight excluding hydrogens is 410 g/mol. The summed E-state index contributed by atoms with van der Waals surface area (Å²) in [4.78, 5) is 14.3. The number of nitrogens with zero attached hydrogens (tertiary/aromatic N) is 1. The fourth-order valence-corrected chi connectivity index (χ4v) is 3.71. The van der Waals surface area contributed by atoms with Gasteiger partial charge in [0.1, 0.15) is 12.4 Å². The van der Waals surface area contributed by atoms with E-state index in [1.54, 1.807) is 6.08 Å². The van der Waals surface area contributed by atoms with Crippen molar-refractivity contribution in [3.8, 4) is 5.75 Å². The Balaban J connectivity index is 2.02. The molecule has 0 saturated carbocycles. The Kier molecular flexibility index (Phi) is 9.60. The summed E-state index contributed by atoms with van der Waals surface area (Å²) in [7, 11) is 1.45. The van der Waals surface area contributed by atoms with E-state index in [1.807, 2.05) is 51.1 Å². The number of benzene rings is 1. The van der Waals surface area contributed by atoms with Gasteiger partial charge in [-0.15, -0.1) is 0 Å². The largest absolute Gasteiger partial charge is 0.488 e. The molecule has 0 unspecified atom stereocenters. The van der Waals surface area contributed by atoms with E-state index < -0.39 is 5.41 Å². The number of halogens is 1. The van der Waals surface area contributed by atoms with Gasteiger partial charge in [-0.3, -0.25) is 4.79 Å². The quantitative estimate of drug-likeness (QED) is 0.346. The van der Waals surface area contributed by atoms with Crippen LogP contribution in [0.4, 0.5) is 0 Å². The fourth-order valence-electron chi connectivity index (χ4n) is 3.57. The molecule has 1 aliphatic rings. The Bertz CT molecular complexity index is 857. The van der Waals surface area contributed by atoms with Gasteiger partial charge in [-0.1, -0.05) is 60.2 Å². The summed E-state index contributed by atoms with van der Waals surface area (Å²) in [6, 6.07) is 8.06. The molecule has 1 aromatic rings. The molecule has 1 aromatic carbocycles. The molecule has 0 aliphatic carbocycles. The minimum absolute atomic E-state index is 0.163. The van der Waals surface area contributed by atoms with Gasteiger partial charge in [0.05, 0.1) is 12.5 Å². The van der Waals surface area contributed by atoms with Crippen LogP contribution in [0, 0.1) is 5.41 Å². The number of ether oxygens (including phenoxy) is 2. The van der Waals surface area contributed by atoms with Crippen molar-refractivity contribution in [3.05, 3.63) is 70.8 Å². The van der Waals surface area contributed by atoms with Gasteiger partial charge < -0.3 is 14.4 Å². The summed E-state index contributed by atoms with van der Waals surface area (Å²) in [6.45, 7) is 12.6. The highest BCUT2D eigenvalue weighted by Crippen LogP contribution is 2.27. The van der Waals surface area contributed by atoms with E-state index in [0.717, 1.165) is 42.8 Å². The number of rotatable bonds is 9. The van der Waals surface area contributed by atoms with Crippen LogP contribution in [0.25, 0.3) is 6.08 Å². The van der Waals surface area contributed by atoms with Crippen molar-refractivity contribution in [2.75, 3.05) is 33.4 Å². The molecule has 2 rings (SSSR count). The number of carbonyl (C=O) groups is 1. The smallest absolute Gasteiger partial charge is 0.312 e. The maximum atomic E-state index is 12.0. The number of carbonyl (C=O) groups excluding carboxylic acids is 1. The second-order valence-corrected chi connectivity index (χ2v) is 8.81. The number of methoxy groups -OCH3 is 1. The normalized spacial score (nSPS) is 16.1. The lowest BCUT2D eigenvalue weighted by molar-refractivity contribution is -0.151. The first-order valence-corrected chi connectivity index (χ1v) is 11.0. The molecular formula is C26H34ClNO3. The Morgan fingerprint density at radius 2 is 1.94 bits per heavy atom. The van der Waals surface area contributed by atoms with Crippen molar-refractivity contribution in [2.24, 2.45) is 5.41 Å². The van der Waals surface area contributed by atoms with Crippen LogP contribution >= 0.6 is 11.6 Å². The first-order valence-electron chi connectivity index (χ1n) is 10.7. The van der Waals surface area contributed by atoms with E-state index in [2.05, 4.69) is 23.6 Å². The molecule has 1 fully saturated rings. The lowest BCUT2D eigenvalue weighted by Crippen LogP contribution is -2.42. The molecule has 0 spiro atoms. The van der Waals surface area contributed by atoms with Gasteiger partial charge >= 0.3 is 5.97 Å². The van der Waals surface area contributed by atoms with E-state index >= 15 is 0 Å². The van der Waals surface area contributed by atoms with Crippen LogP contribution in [-0.4, -0.2) is 44.2 Å². The van der Waals surface area contributed by atoms with E-state index in [0.29, 0.717) is 18.2 Å². The summed E-state index contributed by atoms with van der Waals surface area (Å²) in [5, 5.41) is 0.663. The van der Waals surface area contributed by atoms with Crippen LogP contribution in [0.3, 0.4) is 0 Å². The molecule has 0 bridgehead atoms. The van der Waals surface area contributed by atoms with E-state index in [4.69, 9.17) is 21.1 Å². The molecule has 1 aliphatic heterocycles. The zero-order valence-corrected chi connectivity index (χ0v) is 19.9. The van der Waals surface area contributed by atoms with Crippen molar-refractivity contribution >= 4 is 23.6 Å². The van der Waals surface area contributed by atoms with Gasteiger partial charge in [0, 0.05) is 30.2 Å². The number of esters is 1. The highest BCUT2D eigenvalue weighted by Gasteiger charge is 2.31. The van der Waals surface area contributed by atoms with Gasteiger partial charge in [-0.05, 0) is 51.3 Å². The molecule has 0 radical (unpaired) electrons.